The van der Waals surface area contributed by atoms with Gasteiger partial charge in [-0.05, 0) is 36.6 Å². The molecule has 3 rings (SSSR count). The van der Waals surface area contributed by atoms with Crippen LogP contribution in [0.3, 0.4) is 0 Å². The van der Waals surface area contributed by atoms with Crippen LogP contribution in [0.15, 0.2) is 67.3 Å². The first kappa shape index (κ1) is 23.5. The van der Waals surface area contributed by atoms with Gasteiger partial charge in [-0.1, -0.05) is 48.5 Å². The number of carbonyl (C=O) groups is 2. The van der Waals surface area contributed by atoms with Gasteiger partial charge in [0.05, 0.1) is 31.8 Å². The minimum Gasteiger partial charge on any atom is -0.497 e. The zero-order valence-corrected chi connectivity index (χ0v) is 18.3. The highest BCUT2D eigenvalue weighted by atomic mass is 16.6. The SMILES string of the molecule is C=C[C@@H](C(=O)N1C(=O)O[C@H](c2ccccc2)[C@@H]1C)[C@@H](O)CCOCc1ccc(OC)cc1. The van der Waals surface area contributed by atoms with E-state index in [0.29, 0.717) is 6.61 Å². The number of cyclic esters (lactones) is 1. The molecule has 2 aromatic carbocycles. The van der Waals surface area contributed by atoms with Crippen molar-refractivity contribution < 1.29 is 28.9 Å². The first-order valence-corrected chi connectivity index (χ1v) is 10.6. The molecule has 170 valence electrons. The summed E-state index contributed by atoms with van der Waals surface area (Å²) in [4.78, 5) is 26.6. The molecule has 4 atom stereocenters. The van der Waals surface area contributed by atoms with E-state index < -0.39 is 36.2 Å². The fourth-order valence-corrected chi connectivity index (χ4v) is 3.72. The standard InChI is InChI=1S/C25H29NO6/c1-4-21(22(27)14-15-31-16-18-10-12-20(30-3)13-11-18)24(28)26-17(2)23(32-25(26)29)19-8-6-5-7-9-19/h4-13,17,21-23,27H,1,14-16H2,2-3H3/t17-,21+,22-,23-/m0/s1. The molecule has 0 saturated carbocycles. The number of benzene rings is 2. The quantitative estimate of drug-likeness (QED) is 0.447. The maximum Gasteiger partial charge on any atom is 0.417 e. The molecular weight excluding hydrogens is 410 g/mol. The summed E-state index contributed by atoms with van der Waals surface area (Å²) in [5.74, 6) is -0.705. The summed E-state index contributed by atoms with van der Waals surface area (Å²) in [6, 6.07) is 16.3. The van der Waals surface area contributed by atoms with E-state index in [1.165, 1.54) is 6.08 Å². The van der Waals surface area contributed by atoms with Gasteiger partial charge < -0.3 is 19.3 Å². The fourth-order valence-electron chi connectivity index (χ4n) is 3.72. The summed E-state index contributed by atoms with van der Waals surface area (Å²) >= 11 is 0. The summed E-state index contributed by atoms with van der Waals surface area (Å²) in [5.41, 5.74) is 1.78. The number of hydrogen-bond donors (Lipinski definition) is 1. The van der Waals surface area contributed by atoms with Crippen LogP contribution in [0.1, 0.15) is 30.6 Å². The van der Waals surface area contributed by atoms with Crippen LogP contribution in [-0.2, 0) is 20.9 Å². The van der Waals surface area contributed by atoms with Crippen LogP contribution in [-0.4, -0.2) is 47.9 Å². The molecule has 1 aliphatic heterocycles. The molecule has 0 aliphatic carbocycles. The molecule has 2 aromatic rings. The lowest BCUT2D eigenvalue weighted by Gasteiger charge is -2.25. The first-order valence-electron chi connectivity index (χ1n) is 10.6. The molecule has 1 heterocycles. The summed E-state index contributed by atoms with van der Waals surface area (Å²) < 4.78 is 16.2. The molecule has 0 unspecified atom stereocenters. The molecule has 0 aromatic heterocycles. The molecule has 1 saturated heterocycles. The number of nitrogens with zero attached hydrogens (tertiary/aromatic N) is 1. The minimum absolute atomic E-state index is 0.220. The number of aliphatic hydroxyl groups is 1. The monoisotopic (exact) mass is 439 g/mol. The van der Waals surface area contributed by atoms with Crippen LogP contribution in [0.4, 0.5) is 4.79 Å². The average molecular weight is 440 g/mol. The third-order valence-corrected chi connectivity index (χ3v) is 5.57. The van der Waals surface area contributed by atoms with E-state index in [1.807, 2.05) is 54.6 Å². The van der Waals surface area contributed by atoms with Crippen molar-refractivity contribution >= 4 is 12.0 Å². The maximum atomic E-state index is 13.1. The molecule has 1 N–H and O–H groups in total. The third-order valence-electron chi connectivity index (χ3n) is 5.57. The van der Waals surface area contributed by atoms with Crippen molar-refractivity contribution in [1.29, 1.82) is 0 Å². The molecule has 7 heteroatoms. The number of methoxy groups -OCH3 is 1. The average Bonchev–Trinajstić information content (AvgIpc) is 3.11. The predicted molar refractivity (Wildman–Crippen MR) is 119 cm³/mol. The molecule has 2 amide bonds. The Labute approximate surface area is 188 Å². The van der Waals surface area contributed by atoms with Crippen LogP contribution in [0, 0.1) is 5.92 Å². The second-order valence-electron chi connectivity index (χ2n) is 7.68. The van der Waals surface area contributed by atoms with Gasteiger partial charge in [-0.25, -0.2) is 9.69 Å². The molecule has 1 aliphatic rings. The summed E-state index contributed by atoms with van der Waals surface area (Å²) in [5, 5.41) is 10.6. The van der Waals surface area contributed by atoms with E-state index in [2.05, 4.69) is 6.58 Å². The Morgan fingerprint density at radius 1 is 1.22 bits per heavy atom. The van der Waals surface area contributed by atoms with E-state index in [9.17, 15) is 14.7 Å². The van der Waals surface area contributed by atoms with Gasteiger partial charge in [-0.15, -0.1) is 6.58 Å². The maximum absolute atomic E-state index is 13.1. The highest BCUT2D eigenvalue weighted by Crippen LogP contribution is 2.33. The van der Waals surface area contributed by atoms with E-state index in [4.69, 9.17) is 14.2 Å². The number of amides is 2. The van der Waals surface area contributed by atoms with Gasteiger partial charge in [0.1, 0.15) is 11.9 Å². The highest BCUT2D eigenvalue weighted by Gasteiger charge is 2.45. The van der Waals surface area contributed by atoms with Crippen LogP contribution >= 0.6 is 0 Å². The Morgan fingerprint density at radius 3 is 2.53 bits per heavy atom. The Hall–Kier alpha value is -3.16. The molecule has 1 fully saturated rings. The summed E-state index contributed by atoms with van der Waals surface area (Å²) in [7, 11) is 1.61. The van der Waals surface area contributed by atoms with E-state index >= 15 is 0 Å². The molecule has 0 bridgehead atoms. The van der Waals surface area contributed by atoms with Gasteiger partial charge in [0, 0.05) is 6.61 Å². The summed E-state index contributed by atoms with van der Waals surface area (Å²) in [6.45, 7) is 6.06. The smallest absolute Gasteiger partial charge is 0.417 e. The first-order chi connectivity index (χ1) is 15.5. The summed E-state index contributed by atoms with van der Waals surface area (Å²) in [6.07, 6.45) is -0.717. The number of imide groups is 1. The largest absolute Gasteiger partial charge is 0.497 e. The van der Waals surface area contributed by atoms with Crippen molar-refractivity contribution in [2.75, 3.05) is 13.7 Å². The van der Waals surface area contributed by atoms with Crippen LogP contribution in [0.25, 0.3) is 0 Å². The van der Waals surface area contributed by atoms with Crippen LogP contribution in [0.5, 0.6) is 5.75 Å². The van der Waals surface area contributed by atoms with E-state index in [-0.39, 0.29) is 13.0 Å². The van der Waals surface area contributed by atoms with E-state index in [1.54, 1.807) is 14.0 Å². The van der Waals surface area contributed by atoms with Gasteiger partial charge in [-0.3, -0.25) is 4.79 Å². The lowest BCUT2D eigenvalue weighted by molar-refractivity contribution is -0.135. The highest BCUT2D eigenvalue weighted by molar-refractivity contribution is 5.96. The van der Waals surface area contributed by atoms with E-state index in [0.717, 1.165) is 21.8 Å². The molecular formula is C25H29NO6. The van der Waals surface area contributed by atoms with Crippen LogP contribution in [0.2, 0.25) is 0 Å². The molecule has 0 radical (unpaired) electrons. The van der Waals surface area contributed by atoms with Gasteiger partial charge >= 0.3 is 6.09 Å². The lowest BCUT2D eigenvalue weighted by Crippen LogP contribution is -2.44. The number of carbonyl (C=O) groups excluding carboxylic acids is 2. The number of hydrogen-bond acceptors (Lipinski definition) is 6. The third kappa shape index (κ3) is 5.36. The Kier molecular flexibility index (Phi) is 8.03. The number of ether oxygens (including phenoxy) is 3. The van der Waals surface area contributed by atoms with Crippen LogP contribution < -0.4 is 4.74 Å². The van der Waals surface area contributed by atoms with Crippen molar-refractivity contribution in [3.63, 3.8) is 0 Å². The Morgan fingerprint density at radius 2 is 1.91 bits per heavy atom. The van der Waals surface area contributed by atoms with Crippen molar-refractivity contribution in [3.8, 4) is 5.75 Å². The predicted octanol–water partition coefficient (Wildman–Crippen LogP) is 3.87. The second kappa shape index (κ2) is 10.9. The molecule has 32 heavy (non-hydrogen) atoms. The number of aliphatic hydroxyl groups excluding tert-OH is 1. The van der Waals surface area contributed by atoms with Crippen molar-refractivity contribution in [2.24, 2.45) is 5.92 Å². The molecule has 7 nitrogen and oxygen atoms in total. The van der Waals surface area contributed by atoms with Gasteiger partial charge in [0.2, 0.25) is 5.91 Å². The van der Waals surface area contributed by atoms with Crippen molar-refractivity contribution in [1.82, 2.24) is 4.90 Å². The zero-order chi connectivity index (χ0) is 23.1. The topological polar surface area (TPSA) is 85.3 Å². The second-order valence-corrected chi connectivity index (χ2v) is 7.68. The van der Waals surface area contributed by atoms with Crippen molar-refractivity contribution in [3.05, 3.63) is 78.4 Å². The Balaban J connectivity index is 1.54. The minimum atomic E-state index is -1.04. The normalized spacial score (nSPS) is 19.8. The Bertz CT molecular complexity index is 914. The van der Waals surface area contributed by atoms with Gasteiger partial charge in [0.15, 0.2) is 0 Å². The fraction of sp³-hybridized carbons (Fsp3) is 0.360. The molecule has 0 spiro atoms. The lowest BCUT2D eigenvalue weighted by atomic mass is 9.96. The number of rotatable bonds is 10. The zero-order valence-electron chi connectivity index (χ0n) is 18.3. The van der Waals surface area contributed by atoms with Gasteiger partial charge in [0.25, 0.3) is 0 Å². The van der Waals surface area contributed by atoms with Crippen molar-refractivity contribution in [2.45, 2.75) is 38.2 Å². The van der Waals surface area contributed by atoms with Gasteiger partial charge in [-0.2, -0.15) is 0 Å².